The maximum atomic E-state index is 16.3. The summed E-state index contributed by atoms with van der Waals surface area (Å²) in [4.78, 5) is 20.6. The van der Waals surface area contributed by atoms with Gasteiger partial charge in [0.05, 0.1) is 12.0 Å². The molecule has 2 aliphatic heterocycles. The molecule has 0 unspecified atom stereocenters. The molecule has 1 N–H and O–H groups in total. The number of hydrogen-bond acceptors (Lipinski definition) is 7. The molecule has 0 aliphatic carbocycles. The quantitative estimate of drug-likeness (QED) is 0.366. The highest BCUT2D eigenvalue weighted by atomic mass is 19.1. The van der Waals surface area contributed by atoms with E-state index in [4.69, 9.17) is 9.72 Å². The van der Waals surface area contributed by atoms with Crippen LogP contribution < -0.4 is 15.0 Å². The number of aryl methyl sites for hydroxylation is 1. The van der Waals surface area contributed by atoms with Gasteiger partial charge in [-0.1, -0.05) is 42.5 Å². The van der Waals surface area contributed by atoms with Crippen molar-refractivity contribution in [2.24, 2.45) is 7.05 Å². The van der Waals surface area contributed by atoms with Crippen molar-refractivity contribution in [3.8, 4) is 17.3 Å². The summed E-state index contributed by atoms with van der Waals surface area (Å²) in [5.41, 5.74) is 1.24. The van der Waals surface area contributed by atoms with Crippen molar-refractivity contribution in [1.82, 2.24) is 29.8 Å². The van der Waals surface area contributed by atoms with E-state index < -0.39 is 5.82 Å². The zero-order valence-electron chi connectivity index (χ0n) is 21.1. The molecule has 9 heteroatoms. The van der Waals surface area contributed by atoms with Crippen molar-refractivity contribution in [1.29, 1.82) is 0 Å². The lowest BCUT2D eigenvalue weighted by molar-refractivity contribution is 0.293. The molecule has 0 spiro atoms. The molecule has 192 valence electrons. The predicted octanol–water partition coefficient (Wildman–Crippen LogP) is 4.28. The second-order valence-electron chi connectivity index (χ2n) is 10.1. The van der Waals surface area contributed by atoms with E-state index in [-0.39, 0.29) is 17.2 Å². The summed E-state index contributed by atoms with van der Waals surface area (Å²) in [6.07, 6.45) is 8.24. The number of rotatable bonds is 6. The first-order valence-electron chi connectivity index (χ1n) is 13.1. The summed E-state index contributed by atoms with van der Waals surface area (Å²) in [6, 6.07) is 14.8. The number of halogens is 1. The molecular formula is C29H28FN7O. The van der Waals surface area contributed by atoms with E-state index in [0.29, 0.717) is 36.3 Å². The van der Waals surface area contributed by atoms with Crippen molar-refractivity contribution < 1.29 is 9.13 Å². The van der Waals surface area contributed by atoms with Crippen LogP contribution in [-0.2, 0) is 13.5 Å². The Balaban J connectivity index is 1.32. The lowest BCUT2D eigenvalue weighted by Crippen LogP contribution is -2.51. The average molecular weight is 510 g/mol. The summed E-state index contributed by atoms with van der Waals surface area (Å²) in [5, 5.41) is 6.23. The van der Waals surface area contributed by atoms with Crippen molar-refractivity contribution in [3.05, 3.63) is 72.7 Å². The molecular weight excluding hydrogens is 481 g/mol. The maximum absolute atomic E-state index is 16.3. The van der Waals surface area contributed by atoms with Crippen molar-refractivity contribution in [2.45, 2.75) is 31.3 Å². The van der Waals surface area contributed by atoms with Crippen LogP contribution in [0.3, 0.4) is 0 Å². The Morgan fingerprint density at radius 1 is 1.00 bits per heavy atom. The normalized spacial score (nSPS) is 18.9. The number of aromatic nitrogens is 5. The van der Waals surface area contributed by atoms with Gasteiger partial charge in [0.1, 0.15) is 22.9 Å². The molecule has 2 bridgehead atoms. The zero-order valence-corrected chi connectivity index (χ0v) is 21.1. The molecule has 2 saturated heterocycles. The number of fused-ring (bicyclic) bond motifs is 4. The molecule has 5 heterocycles. The summed E-state index contributed by atoms with van der Waals surface area (Å²) >= 11 is 0. The van der Waals surface area contributed by atoms with Gasteiger partial charge >= 0.3 is 6.01 Å². The molecule has 0 amide bonds. The Hall–Kier alpha value is -4.11. The highest BCUT2D eigenvalue weighted by Crippen LogP contribution is 2.36. The number of imidazole rings is 1. The smallest absolute Gasteiger partial charge is 0.319 e. The van der Waals surface area contributed by atoms with Crippen molar-refractivity contribution in [3.63, 3.8) is 0 Å². The molecule has 5 aromatic rings. The molecule has 38 heavy (non-hydrogen) atoms. The van der Waals surface area contributed by atoms with Crippen molar-refractivity contribution in [2.75, 3.05) is 24.6 Å². The van der Waals surface area contributed by atoms with Crippen LogP contribution >= 0.6 is 0 Å². The minimum absolute atomic E-state index is 0.168. The zero-order chi connectivity index (χ0) is 25.6. The van der Waals surface area contributed by atoms with E-state index in [0.717, 1.165) is 48.1 Å². The highest BCUT2D eigenvalue weighted by Gasteiger charge is 2.34. The number of nitrogens with one attached hydrogen (secondary N) is 1. The first-order valence-corrected chi connectivity index (χ1v) is 13.1. The van der Waals surface area contributed by atoms with Crippen LogP contribution in [0.5, 0.6) is 6.01 Å². The van der Waals surface area contributed by atoms with Gasteiger partial charge in [-0.05, 0) is 23.6 Å². The fourth-order valence-electron chi connectivity index (χ4n) is 5.79. The highest BCUT2D eigenvalue weighted by molar-refractivity contribution is 5.99. The Bertz CT molecular complexity index is 1630. The maximum Gasteiger partial charge on any atom is 0.319 e. The molecule has 2 atom stereocenters. The van der Waals surface area contributed by atoms with Crippen LogP contribution in [0.15, 0.2) is 61.1 Å². The topological polar surface area (TPSA) is 81.0 Å². The number of nitrogens with zero attached hydrogens (tertiary/aromatic N) is 6. The summed E-state index contributed by atoms with van der Waals surface area (Å²) in [6.45, 7) is 1.95. The van der Waals surface area contributed by atoms with Gasteiger partial charge in [0, 0.05) is 62.8 Å². The van der Waals surface area contributed by atoms with Crippen molar-refractivity contribution >= 4 is 27.5 Å². The van der Waals surface area contributed by atoms with Gasteiger partial charge in [0.15, 0.2) is 5.82 Å². The van der Waals surface area contributed by atoms with Gasteiger partial charge in [-0.3, -0.25) is 4.98 Å². The number of ether oxygens (including phenoxy) is 1. The van der Waals surface area contributed by atoms with E-state index >= 15 is 4.39 Å². The standard InChI is InChI=1S/C29H28FN7O/c1-36-13-12-31-24(36)11-14-38-29-34-27-23(28(35-29)37-16-19-9-10-20(17-37)33-19)15-32-26(25(27)30)22-8-4-6-18-5-2-3-7-21(18)22/h2-8,12-13,15,19-20,33H,9-11,14,16-17H2,1H3/t19-,20+. The Labute approximate surface area is 219 Å². The van der Waals surface area contributed by atoms with Gasteiger partial charge < -0.3 is 19.5 Å². The lowest BCUT2D eigenvalue weighted by Gasteiger charge is -2.34. The SMILES string of the molecule is Cn1ccnc1CCOc1nc(N2C[C@H]3CC[C@@H](C2)N3)c2cnc(-c3cccc4ccccc34)c(F)c2n1. The second-order valence-corrected chi connectivity index (χ2v) is 10.1. The van der Waals surface area contributed by atoms with Crippen LogP contribution in [-0.4, -0.2) is 56.3 Å². The molecule has 0 radical (unpaired) electrons. The van der Waals surface area contributed by atoms with Gasteiger partial charge in [-0.25, -0.2) is 9.37 Å². The largest absolute Gasteiger partial charge is 0.463 e. The number of benzene rings is 2. The Morgan fingerprint density at radius 3 is 2.63 bits per heavy atom. The molecule has 0 saturated carbocycles. The average Bonchev–Trinajstić information content (AvgIpc) is 3.51. The molecule has 2 aliphatic rings. The fourth-order valence-corrected chi connectivity index (χ4v) is 5.79. The van der Waals surface area contributed by atoms with Gasteiger partial charge in [-0.15, -0.1) is 0 Å². The monoisotopic (exact) mass is 509 g/mol. The van der Waals surface area contributed by atoms with Gasteiger partial charge in [0.2, 0.25) is 0 Å². The van der Waals surface area contributed by atoms with Crippen LogP contribution in [0.25, 0.3) is 32.9 Å². The van der Waals surface area contributed by atoms with E-state index in [9.17, 15) is 0 Å². The number of pyridine rings is 1. The third kappa shape index (κ3) is 4.03. The summed E-state index contributed by atoms with van der Waals surface area (Å²) < 4.78 is 24.3. The van der Waals surface area contributed by atoms with E-state index in [2.05, 4.69) is 25.2 Å². The summed E-state index contributed by atoms with van der Waals surface area (Å²) in [5.74, 6) is 1.11. The minimum Gasteiger partial charge on any atom is -0.463 e. The fraction of sp³-hybridized carbons (Fsp3) is 0.310. The predicted molar refractivity (Wildman–Crippen MR) is 145 cm³/mol. The third-order valence-electron chi connectivity index (χ3n) is 7.68. The molecule has 7 rings (SSSR count). The van der Waals surface area contributed by atoms with Crippen LogP contribution in [0.2, 0.25) is 0 Å². The van der Waals surface area contributed by atoms with E-state index in [1.54, 1.807) is 12.4 Å². The number of piperazine rings is 1. The molecule has 8 nitrogen and oxygen atoms in total. The van der Waals surface area contributed by atoms with Crippen LogP contribution in [0, 0.1) is 5.82 Å². The Morgan fingerprint density at radius 2 is 1.82 bits per heavy atom. The van der Waals surface area contributed by atoms with E-state index in [1.165, 1.54) is 0 Å². The third-order valence-corrected chi connectivity index (χ3v) is 7.68. The van der Waals surface area contributed by atoms with Crippen LogP contribution in [0.1, 0.15) is 18.7 Å². The number of anilines is 1. The molecule has 2 fully saturated rings. The second kappa shape index (κ2) is 9.33. The van der Waals surface area contributed by atoms with Crippen LogP contribution in [0.4, 0.5) is 10.2 Å². The first kappa shape index (κ1) is 23.0. The van der Waals surface area contributed by atoms with E-state index in [1.807, 2.05) is 60.3 Å². The minimum atomic E-state index is -0.463. The van der Waals surface area contributed by atoms with Gasteiger partial charge in [0.25, 0.3) is 0 Å². The van der Waals surface area contributed by atoms with Gasteiger partial charge in [-0.2, -0.15) is 9.97 Å². The summed E-state index contributed by atoms with van der Waals surface area (Å²) in [7, 11) is 1.95. The molecule has 3 aromatic heterocycles. The number of hydrogen-bond donors (Lipinski definition) is 1. The molecule has 2 aromatic carbocycles. The Kier molecular flexibility index (Phi) is 5.65. The lowest BCUT2D eigenvalue weighted by atomic mass is 10.0. The first-order chi connectivity index (χ1) is 18.6.